The van der Waals surface area contributed by atoms with Gasteiger partial charge in [0.1, 0.15) is 28.6 Å². The van der Waals surface area contributed by atoms with Crippen molar-refractivity contribution in [2.24, 2.45) is 0 Å². The number of aryl methyl sites for hydroxylation is 2. The number of benzene rings is 2. The quantitative estimate of drug-likeness (QED) is 0.389. The second-order valence-corrected chi connectivity index (χ2v) is 8.02. The molecule has 1 amide bonds. The summed E-state index contributed by atoms with van der Waals surface area (Å²) in [7, 11) is 1.59. The Kier molecular flexibility index (Phi) is 5.75. The molecule has 6 nitrogen and oxygen atoms in total. The number of carbonyl (C=O) groups is 1. The molecule has 2 aromatic heterocycles. The summed E-state index contributed by atoms with van der Waals surface area (Å²) in [5, 5.41) is 8.92. The molecule has 0 saturated heterocycles. The summed E-state index contributed by atoms with van der Waals surface area (Å²) in [5.74, 6) is -0.202. The van der Waals surface area contributed by atoms with Gasteiger partial charge in [-0.05, 0) is 38.1 Å². The Balaban J connectivity index is 1.66. The minimum atomic E-state index is -0.599. The molecule has 158 valence electrons. The molecule has 4 aromatic rings. The van der Waals surface area contributed by atoms with E-state index in [1.807, 2.05) is 30.5 Å². The number of halogens is 2. The molecule has 0 saturated carbocycles. The van der Waals surface area contributed by atoms with Crippen LogP contribution in [0.15, 0.2) is 46.3 Å². The molecule has 0 aliphatic heterocycles. The maximum atomic E-state index is 14.4. The summed E-state index contributed by atoms with van der Waals surface area (Å²) in [4.78, 5) is 17.5. The second kappa shape index (κ2) is 8.49. The lowest BCUT2D eigenvalue weighted by Gasteiger charge is -2.07. The highest BCUT2D eigenvalue weighted by Crippen LogP contribution is 2.35. The number of amides is 1. The van der Waals surface area contributed by atoms with Crippen molar-refractivity contribution in [3.63, 3.8) is 0 Å². The van der Waals surface area contributed by atoms with Gasteiger partial charge < -0.3 is 9.26 Å². The normalized spacial score (nSPS) is 10.9. The molecule has 0 atom stereocenters. The van der Waals surface area contributed by atoms with Crippen LogP contribution in [-0.2, 0) is 0 Å². The molecule has 0 aliphatic rings. The van der Waals surface area contributed by atoms with Gasteiger partial charge in [0.25, 0.3) is 5.91 Å². The highest BCUT2D eigenvalue weighted by molar-refractivity contribution is 7.14. The fourth-order valence-electron chi connectivity index (χ4n) is 3.17. The first-order chi connectivity index (χ1) is 14.9. The van der Waals surface area contributed by atoms with Crippen molar-refractivity contribution in [1.82, 2.24) is 10.1 Å². The molecule has 9 heteroatoms. The fourth-order valence-corrected chi connectivity index (χ4v) is 4.13. The largest absolute Gasteiger partial charge is 0.496 e. The van der Waals surface area contributed by atoms with Crippen LogP contribution >= 0.6 is 22.9 Å². The third kappa shape index (κ3) is 4.04. The Morgan fingerprint density at radius 2 is 2.06 bits per heavy atom. The van der Waals surface area contributed by atoms with Crippen molar-refractivity contribution < 1.29 is 18.4 Å². The molecule has 31 heavy (non-hydrogen) atoms. The van der Waals surface area contributed by atoms with Crippen molar-refractivity contribution in [1.29, 1.82) is 0 Å². The van der Waals surface area contributed by atoms with Crippen molar-refractivity contribution in [2.75, 3.05) is 12.4 Å². The van der Waals surface area contributed by atoms with E-state index in [0.717, 1.165) is 11.1 Å². The number of nitrogens with one attached hydrogen (secondary N) is 1. The summed E-state index contributed by atoms with van der Waals surface area (Å²) in [6.45, 7) is 3.55. The second-order valence-electron chi connectivity index (χ2n) is 6.75. The van der Waals surface area contributed by atoms with E-state index in [1.54, 1.807) is 14.0 Å². The number of ether oxygens (including phenoxy) is 1. The van der Waals surface area contributed by atoms with E-state index in [0.29, 0.717) is 16.6 Å². The van der Waals surface area contributed by atoms with Gasteiger partial charge in [-0.3, -0.25) is 10.1 Å². The van der Waals surface area contributed by atoms with Crippen molar-refractivity contribution in [3.05, 3.63) is 69.5 Å². The lowest BCUT2D eigenvalue weighted by Crippen LogP contribution is -2.13. The zero-order chi connectivity index (χ0) is 22.1. The fraction of sp³-hybridized carbons (Fsp3) is 0.136. The molecule has 0 radical (unpaired) electrons. The van der Waals surface area contributed by atoms with Gasteiger partial charge in [-0.1, -0.05) is 34.5 Å². The Morgan fingerprint density at radius 3 is 2.81 bits per heavy atom. The highest BCUT2D eigenvalue weighted by Gasteiger charge is 2.26. The minimum Gasteiger partial charge on any atom is -0.496 e. The molecule has 0 bridgehead atoms. The molecule has 2 aromatic carbocycles. The third-order valence-corrected chi connectivity index (χ3v) is 5.72. The van der Waals surface area contributed by atoms with Gasteiger partial charge in [-0.15, -0.1) is 11.3 Å². The predicted octanol–water partition coefficient (Wildman–Crippen LogP) is 6.14. The van der Waals surface area contributed by atoms with Crippen LogP contribution in [-0.4, -0.2) is 23.2 Å². The van der Waals surface area contributed by atoms with Crippen LogP contribution < -0.4 is 10.1 Å². The van der Waals surface area contributed by atoms with Crippen molar-refractivity contribution in [3.8, 4) is 28.3 Å². The SMILES string of the molecule is COc1ccc(C)cc1-c1csc(NC(=O)c2c(-c3c(F)cccc3Cl)noc2C)n1. The molecule has 0 unspecified atom stereocenters. The maximum absolute atomic E-state index is 14.4. The summed E-state index contributed by atoms with van der Waals surface area (Å²) >= 11 is 7.41. The number of nitrogens with zero attached hydrogens (tertiary/aromatic N) is 2. The number of hydrogen-bond acceptors (Lipinski definition) is 6. The number of hydrogen-bond donors (Lipinski definition) is 1. The lowest BCUT2D eigenvalue weighted by atomic mass is 10.1. The van der Waals surface area contributed by atoms with Crippen LogP contribution in [0, 0.1) is 19.7 Å². The van der Waals surface area contributed by atoms with Crippen LogP contribution in [0.4, 0.5) is 9.52 Å². The van der Waals surface area contributed by atoms with Crippen LogP contribution in [0.5, 0.6) is 5.75 Å². The van der Waals surface area contributed by atoms with Crippen LogP contribution in [0.2, 0.25) is 5.02 Å². The van der Waals surface area contributed by atoms with Crippen LogP contribution in [0.3, 0.4) is 0 Å². The van der Waals surface area contributed by atoms with E-state index in [9.17, 15) is 9.18 Å². The molecule has 2 heterocycles. The number of carbonyl (C=O) groups excluding carboxylic acids is 1. The summed E-state index contributed by atoms with van der Waals surface area (Å²) < 4.78 is 25.0. The molecule has 0 aliphatic carbocycles. The zero-order valence-corrected chi connectivity index (χ0v) is 18.4. The summed E-state index contributed by atoms with van der Waals surface area (Å²) in [6.07, 6.45) is 0. The van der Waals surface area contributed by atoms with Gasteiger partial charge in [0.15, 0.2) is 5.13 Å². The van der Waals surface area contributed by atoms with Gasteiger partial charge in [0.05, 0.1) is 23.4 Å². The Hall–Kier alpha value is -3.23. The van der Waals surface area contributed by atoms with Gasteiger partial charge >= 0.3 is 0 Å². The van der Waals surface area contributed by atoms with Gasteiger partial charge in [0.2, 0.25) is 0 Å². The number of rotatable bonds is 5. The van der Waals surface area contributed by atoms with E-state index in [4.69, 9.17) is 20.9 Å². The van der Waals surface area contributed by atoms with E-state index in [1.165, 1.54) is 29.5 Å². The zero-order valence-electron chi connectivity index (χ0n) is 16.8. The molecule has 1 N–H and O–H groups in total. The standard InChI is InChI=1S/C22H17ClFN3O3S/c1-11-7-8-17(29-3)13(9-11)16-10-31-22(25-16)26-21(28)18-12(2)30-27-20(18)19-14(23)5-4-6-15(19)24/h4-10H,1-3H3,(H,25,26,28). The van der Waals surface area contributed by atoms with Crippen molar-refractivity contribution >= 4 is 34.0 Å². The average Bonchev–Trinajstić information content (AvgIpc) is 3.34. The molecule has 0 spiro atoms. The molecule has 4 rings (SSSR count). The van der Waals surface area contributed by atoms with Crippen LogP contribution in [0.1, 0.15) is 21.7 Å². The van der Waals surface area contributed by atoms with Gasteiger partial charge in [-0.2, -0.15) is 0 Å². The van der Waals surface area contributed by atoms with Gasteiger partial charge in [-0.25, -0.2) is 9.37 Å². The summed E-state index contributed by atoms with van der Waals surface area (Å²) in [5.41, 5.74) is 2.68. The van der Waals surface area contributed by atoms with Crippen molar-refractivity contribution in [2.45, 2.75) is 13.8 Å². The molecular weight excluding hydrogens is 441 g/mol. The Bertz CT molecular complexity index is 1260. The first kappa shape index (κ1) is 21.0. The molecular formula is C22H17ClFN3O3S. The number of anilines is 1. The number of methoxy groups -OCH3 is 1. The number of thiazole rings is 1. The highest BCUT2D eigenvalue weighted by atomic mass is 35.5. The number of aromatic nitrogens is 2. The van der Waals surface area contributed by atoms with Gasteiger partial charge in [0, 0.05) is 10.9 Å². The van der Waals surface area contributed by atoms with E-state index >= 15 is 0 Å². The van der Waals surface area contributed by atoms with Crippen LogP contribution in [0.25, 0.3) is 22.5 Å². The summed E-state index contributed by atoms with van der Waals surface area (Å²) in [6, 6.07) is 10.0. The average molecular weight is 458 g/mol. The maximum Gasteiger partial charge on any atom is 0.263 e. The third-order valence-electron chi connectivity index (χ3n) is 4.64. The Labute approximate surface area is 186 Å². The lowest BCUT2D eigenvalue weighted by molar-refractivity contribution is 0.102. The van der Waals surface area contributed by atoms with E-state index in [-0.39, 0.29) is 27.6 Å². The Morgan fingerprint density at radius 1 is 1.26 bits per heavy atom. The van der Waals surface area contributed by atoms with E-state index in [2.05, 4.69) is 15.5 Å². The predicted molar refractivity (Wildman–Crippen MR) is 118 cm³/mol. The topological polar surface area (TPSA) is 77.2 Å². The molecule has 0 fully saturated rings. The first-order valence-electron chi connectivity index (χ1n) is 9.21. The minimum absolute atomic E-state index is 0.00971. The first-order valence-corrected chi connectivity index (χ1v) is 10.5. The monoisotopic (exact) mass is 457 g/mol. The van der Waals surface area contributed by atoms with E-state index < -0.39 is 11.7 Å². The smallest absolute Gasteiger partial charge is 0.263 e.